The zero-order valence-electron chi connectivity index (χ0n) is 11.1. The highest BCUT2D eigenvalue weighted by molar-refractivity contribution is 5.56. The summed E-state index contributed by atoms with van der Waals surface area (Å²) >= 11 is 0. The number of fused-ring (bicyclic) bond motifs is 1. The second kappa shape index (κ2) is 4.76. The molecule has 3 heterocycles. The Labute approximate surface area is 108 Å². The molecule has 3 rings (SSSR count). The zero-order chi connectivity index (χ0) is 12.5. The Morgan fingerprint density at radius 3 is 3.11 bits per heavy atom. The SMILES string of the molecule is COc1cnc(C)cc1NC1CCN2CCCC12. The number of rotatable bonds is 3. The van der Waals surface area contributed by atoms with Crippen molar-refractivity contribution in [1.29, 1.82) is 0 Å². The first-order valence-electron chi connectivity index (χ1n) is 6.79. The average molecular weight is 247 g/mol. The number of aryl methyl sites for hydroxylation is 1. The number of methoxy groups -OCH3 is 1. The number of aromatic nitrogens is 1. The minimum absolute atomic E-state index is 0.559. The van der Waals surface area contributed by atoms with Crippen molar-refractivity contribution in [2.24, 2.45) is 0 Å². The molecule has 0 amide bonds. The number of nitrogens with one attached hydrogen (secondary N) is 1. The Hall–Kier alpha value is -1.29. The first-order chi connectivity index (χ1) is 8.78. The molecule has 2 aliphatic heterocycles. The first-order valence-corrected chi connectivity index (χ1v) is 6.79. The minimum atomic E-state index is 0.559. The van der Waals surface area contributed by atoms with Crippen LogP contribution in [0.15, 0.2) is 12.3 Å². The molecule has 0 aliphatic carbocycles. The van der Waals surface area contributed by atoms with Crippen molar-refractivity contribution in [3.8, 4) is 5.75 Å². The van der Waals surface area contributed by atoms with E-state index in [1.807, 2.05) is 6.92 Å². The summed E-state index contributed by atoms with van der Waals surface area (Å²) in [5, 5.41) is 3.67. The van der Waals surface area contributed by atoms with Crippen LogP contribution in [0.4, 0.5) is 5.69 Å². The lowest BCUT2D eigenvalue weighted by molar-refractivity contribution is 0.318. The monoisotopic (exact) mass is 247 g/mol. The third-order valence-corrected chi connectivity index (χ3v) is 4.17. The highest BCUT2D eigenvalue weighted by atomic mass is 16.5. The molecule has 2 unspecified atom stereocenters. The predicted molar refractivity (Wildman–Crippen MR) is 72.1 cm³/mol. The average Bonchev–Trinajstić information content (AvgIpc) is 2.94. The van der Waals surface area contributed by atoms with Crippen LogP contribution in [0.3, 0.4) is 0 Å². The van der Waals surface area contributed by atoms with E-state index in [1.54, 1.807) is 13.3 Å². The fraction of sp³-hybridized carbons (Fsp3) is 0.643. The third-order valence-electron chi connectivity index (χ3n) is 4.17. The normalized spacial score (nSPS) is 27.2. The molecule has 1 aromatic heterocycles. The molecule has 98 valence electrons. The maximum atomic E-state index is 5.38. The zero-order valence-corrected chi connectivity index (χ0v) is 11.1. The van der Waals surface area contributed by atoms with Crippen LogP contribution in [0.2, 0.25) is 0 Å². The molecule has 1 N–H and O–H groups in total. The molecule has 0 aromatic carbocycles. The van der Waals surface area contributed by atoms with Gasteiger partial charge in [0, 0.05) is 24.3 Å². The molecular weight excluding hydrogens is 226 g/mol. The third kappa shape index (κ3) is 2.05. The molecular formula is C14H21N3O. The van der Waals surface area contributed by atoms with E-state index < -0.39 is 0 Å². The Morgan fingerprint density at radius 2 is 2.28 bits per heavy atom. The van der Waals surface area contributed by atoms with Crippen molar-refractivity contribution in [3.63, 3.8) is 0 Å². The van der Waals surface area contributed by atoms with E-state index in [9.17, 15) is 0 Å². The second-order valence-electron chi connectivity index (χ2n) is 5.31. The quantitative estimate of drug-likeness (QED) is 0.887. The number of hydrogen-bond donors (Lipinski definition) is 1. The predicted octanol–water partition coefficient (Wildman–Crippen LogP) is 2.05. The molecule has 1 aromatic rings. The van der Waals surface area contributed by atoms with Crippen molar-refractivity contribution >= 4 is 5.69 Å². The maximum absolute atomic E-state index is 5.38. The van der Waals surface area contributed by atoms with Gasteiger partial charge < -0.3 is 10.1 Å². The Balaban J connectivity index is 1.78. The second-order valence-corrected chi connectivity index (χ2v) is 5.31. The summed E-state index contributed by atoms with van der Waals surface area (Å²) in [6.07, 6.45) is 5.70. The van der Waals surface area contributed by atoms with Gasteiger partial charge in [0.2, 0.25) is 0 Å². The number of pyridine rings is 1. The van der Waals surface area contributed by atoms with E-state index >= 15 is 0 Å². The molecule has 18 heavy (non-hydrogen) atoms. The van der Waals surface area contributed by atoms with Crippen LogP contribution in [0.25, 0.3) is 0 Å². The Bertz CT molecular complexity index is 435. The standard InChI is InChI=1S/C14H21N3O/c1-10-8-12(14(18-2)9-15-10)16-11-5-7-17-6-3-4-13(11)17/h8-9,11,13H,3-7H2,1-2H3,(H,15,16). The van der Waals surface area contributed by atoms with Crippen LogP contribution in [0, 0.1) is 6.92 Å². The molecule has 0 radical (unpaired) electrons. The van der Waals surface area contributed by atoms with Gasteiger partial charge in [-0.1, -0.05) is 0 Å². The summed E-state index contributed by atoms with van der Waals surface area (Å²) in [6.45, 7) is 4.52. The van der Waals surface area contributed by atoms with Crippen LogP contribution in [-0.4, -0.2) is 42.2 Å². The summed E-state index contributed by atoms with van der Waals surface area (Å²) in [6, 6.07) is 3.35. The fourth-order valence-corrected chi connectivity index (χ4v) is 3.27. The molecule has 4 heteroatoms. The Kier molecular flexibility index (Phi) is 3.12. The van der Waals surface area contributed by atoms with Gasteiger partial charge in [-0.15, -0.1) is 0 Å². The van der Waals surface area contributed by atoms with Gasteiger partial charge in [-0.2, -0.15) is 0 Å². The minimum Gasteiger partial charge on any atom is -0.493 e. The number of nitrogens with zero attached hydrogens (tertiary/aromatic N) is 2. The molecule has 2 fully saturated rings. The van der Waals surface area contributed by atoms with Gasteiger partial charge >= 0.3 is 0 Å². The highest BCUT2D eigenvalue weighted by Gasteiger charge is 2.37. The number of ether oxygens (including phenoxy) is 1. The summed E-state index contributed by atoms with van der Waals surface area (Å²) in [7, 11) is 1.70. The van der Waals surface area contributed by atoms with Crippen molar-refractivity contribution in [2.45, 2.75) is 38.3 Å². The topological polar surface area (TPSA) is 37.4 Å². The van der Waals surface area contributed by atoms with Crippen LogP contribution in [0.5, 0.6) is 5.75 Å². The Morgan fingerprint density at radius 1 is 1.39 bits per heavy atom. The molecule has 2 aliphatic rings. The van der Waals surface area contributed by atoms with Gasteiger partial charge in [-0.3, -0.25) is 9.88 Å². The van der Waals surface area contributed by atoms with Gasteiger partial charge in [0.25, 0.3) is 0 Å². The molecule has 2 atom stereocenters. The maximum Gasteiger partial charge on any atom is 0.160 e. The van der Waals surface area contributed by atoms with Crippen molar-refractivity contribution in [3.05, 3.63) is 18.0 Å². The molecule has 0 spiro atoms. The summed E-state index contributed by atoms with van der Waals surface area (Å²) in [4.78, 5) is 6.89. The van der Waals surface area contributed by atoms with E-state index in [0.29, 0.717) is 12.1 Å². The van der Waals surface area contributed by atoms with Crippen molar-refractivity contribution < 1.29 is 4.74 Å². The van der Waals surface area contributed by atoms with Crippen LogP contribution >= 0.6 is 0 Å². The van der Waals surface area contributed by atoms with Crippen LogP contribution in [0.1, 0.15) is 25.0 Å². The van der Waals surface area contributed by atoms with Gasteiger partial charge in [0.1, 0.15) is 0 Å². The first kappa shape index (κ1) is 11.8. The van der Waals surface area contributed by atoms with Crippen molar-refractivity contribution in [2.75, 3.05) is 25.5 Å². The summed E-state index contributed by atoms with van der Waals surface area (Å²) in [5.41, 5.74) is 2.11. The number of hydrogen-bond acceptors (Lipinski definition) is 4. The highest BCUT2D eigenvalue weighted by Crippen LogP contribution is 2.32. The van der Waals surface area contributed by atoms with Gasteiger partial charge in [-0.05, 0) is 38.8 Å². The van der Waals surface area contributed by atoms with Gasteiger partial charge in [-0.25, -0.2) is 0 Å². The van der Waals surface area contributed by atoms with E-state index in [1.165, 1.54) is 32.4 Å². The van der Waals surface area contributed by atoms with E-state index in [-0.39, 0.29) is 0 Å². The molecule has 0 saturated carbocycles. The molecule has 4 nitrogen and oxygen atoms in total. The van der Waals surface area contributed by atoms with Crippen molar-refractivity contribution in [1.82, 2.24) is 9.88 Å². The lowest BCUT2D eigenvalue weighted by Gasteiger charge is -2.23. The van der Waals surface area contributed by atoms with E-state index in [4.69, 9.17) is 4.74 Å². The molecule has 0 bridgehead atoms. The van der Waals surface area contributed by atoms with Crippen LogP contribution in [-0.2, 0) is 0 Å². The fourth-order valence-electron chi connectivity index (χ4n) is 3.27. The van der Waals surface area contributed by atoms with Gasteiger partial charge in [0.05, 0.1) is 19.0 Å². The van der Waals surface area contributed by atoms with Crippen LogP contribution < -0.4 is 10.1 Å². The summed E-state index contributed by atoms with van der Waals surface area (Å²) < 4.78 is 5.38. The summed E-state index contributed by atoms with van der Waals surface area (Å²) in [5.74, 6) is 0.844. The largest absolute Gasteiger partial charge is 0.493 e. The molecule has 2 saturated heterocycles. The van der Waals surface area contributed by atoms with E-state index in [0.717, 1.165) is 17.1 Å². The lowest BCUT2D eigenvalue weighted by atomic mass is 10.1. The lowest BCUT2D eigenvalue weighted by Crippen LogP contribution is -2.33. The number of anilines is 1. The smallest absolute Gasteiger partial charge is 0.160 e. The van der Waals surface area contributed by atoms with E-state index in [2.05, 4.69) is 21.3 Å². The van der Waals surface area contributed by atoms with Gasteiger partial charge in [0.15, 0.2) is 5.75 Å².